The Kier molecular flexibility index (Phi) is 5.33. The Morgan fingerprint density at radius 3 is 2.62 bits per heavy atom. The minimum absolute atomic E-state index is 0.175. The van der Waals surface area contributed by atoms with Crippen LogP contribution in [0.3, 0.4) is 0 Å². The third-order valence-electron chi connectivity index (χ3n) is 4.67. The summed E-state index contributed by atoms with van der Waals surface area (Å²) in [7, 11) is 0. The number of aromatic nitrogens is 1. The number of hydrogen-bond acceptors (Lipinski definition) is 5. The van der Waals surface area contributed by atoms with Crippen molar-refractivity contribution in [2.75, 3.05) is 23.8 Å². The van der Waals surface area contributed by atoms with Crippen LogP contribution >= 0.6 is 0 Å². The summed E-state index contributed by atoms with van der Waals surface area (Å²) < 4.78 is 11.2. The quantitative estimate of drug-likeness (QED) is 0.644. The molecule has 1 aromatic heterocycles. The standard InChI is InChI=1S/C23H23N3O3/c1-15(2)18-5-3-4-6-19(18)26-23(27)16-9-10-24-22(13-16)25-17-7-8-20-21(14-17)29-12-11-28-20/h3-10,13-15H,11-12H2,1-2H3,(H,24,25)(H,26,27). The van der Waals surface area contributed by atoms with Crippen molar-refractivity contribution >= 4 is 23.1 Å². The fourth-order valence-corrected chi connectivity index (χ4v) is 3.22. The van der Waals surface area contributed by atoms with Gasteiger partial charge in [0.15, 0.2) is 11.5 Å². The first kappa shape index (κ1) is 18.8. The van der Waals surface area contributed by atoms with Gasteiger partial charge in [0.2, 0.25) is 0 Å². The molecule has 6 nitrogen and oxygen atoms in total. The number of hydrogen-bond donors (Lipinski definition) is 2. The van der Waals surface area contributed by atoms with Gasteiger partial charge in [-0.05, 0) is 41.8 Å². The molecule has 4 rings (SSSR count). The molecule has 0 fully saturated rings. The minimum Gasteiger partial charge on any atom is -0.486 e. The van der Waals surface area contributed by atoms with Crippen molar-refractivity contribution in [2.24, 2.45) is 0 Å². The van der Waals surface area contributed by atoms with E-state index < -0.39 is 0 Å². The van der Waals surface area contributed by atoms with Gasteiger partial charge in [0, 0.05) is 29.2 Å². The average molecular weight is 389 g/mol. The molecule has 1 aliphatic rings. The van der Waals surface area contributed by atoms with Crippen LogP contribution < -0.4 is 20.1 Å². The number of fused-ring (bicyclic) bond motifs is 1. The largest absolute Gasteiger partial charge is 0.486 e. The Morgan fingerprint density at radius 2 is 1.79 bits per heavy atom. The normalized spacial score (nSPS) is 12.5. The number of rotatable bonds is 5. The third-order valence-corrected chi connectivity index (χ3v) is 4.67. The van der Waals surface area contributed by atoms with Gasteiger partial charge in [-0.1, -0.05) is 32.0 Å². The molecule has 6 heteroatoms. The summed E-state index contributed by atoms with van der Waals surface area (Å²) in [5, 5.41) is 6.23. The number of para-hydroxylation sites is 1. The highest BCUT2D eigenvalue weighted by atomic mass is 16.6. The summed E-state index contributed by atoms with van der Waals surface area (Å²) >= 11 is 0. The molecule has 0 radical (unpaired) electrons. The SMILES string of the molecule is CC(C)c1ccccc1NC(=O)c1ccnc(Nc2ccc3c(c2)OCCO3)c1. The molecule has 2 aromatic carbocycles. The maximum Gasteiger partial charge on any atom is 0.255 e. The van der Waals surface area contributed by atoms with Crippen molar-refractivity contribution in [3.05, 3.63) is 71.9 Å². The zero-order valence-electron chi connectivity index (χ0n) is 16.4. The van der Waals surface area contributed by atoms with Crippen LogP contribution in [-0.2, 0) is 0 Å². The lowest BCUT2D eigenvalue weighted by Gasteiger charge is -2.19. The van der Waals surface area contributed by atoms with Crippen LogP contribution in [0.2, 0.25) is 0 Å². The first-order valence-electron chi connectivity index (χ1n) is 9.63. The molecule has 0 spiro atoms. The number of carbonyl (C=O) groups is 1. The average Bonchev–Trinajstić information content (AvgIpc) is 2.74. The van der Waals surface area contributed by atoms with E-state index in [2.05, 4.69) is 29.5 Å². The van der Waals surface area contributed by atoms with E-state index in [1.165, 1.54) is 0 Å². The van der Waals surface area contributed by atoms with Gasteiger partial charge < -0.3 is 20.1 Å². The van der Waals surface area contributed by atoms with Crippen molar-refractivity contribution in [2.45, 2.75) is 19.8 Å². The van der Waals surface area contributed by atoms with Crippen molar-refractivity contribution in [1.29, 1.82) is 0 Å². The van der Waals surface area contributed by atoms with Crippen LogP contribution in [0.25, 0.3) is 0 Å². The molecule has 0 bridgehead atoms. The van der Waals surface area contributed by atoms with Gasteiger partial charge in [-0.15, -0.1) is 0 Å². The van der Waals surface area contributed by atoms with Gasteiger partial charge in [-0.3, -0.25) is 4.79 Å². The summed E-state index contributed by atoms with van der Waals surface area (Å²) in [6.45, 7) is 5.29. The summed E-state index contributed by atoms with van der Waals surface area (Å²) in [6, 6.07) is 16.9. The highest BCUT2D eigenvalue weighted by molar-refractivity contribution is 6.05. The molecular formula is C23H23N3O3. The highest BCUT2D eigenvalue weighted by Gasteiger charge is 2.14. The molecule has 0 saturated carbocycles. The molecule has 0 atom stereocenters. The van der Waals surface area contributed by atoms with Crippen LogP contribution in [0, 0.1) is 0 Å². The van der Waals surface area contributed by atoms with E-state index in [4.69, 9.17) is 9.47 Å². The second-order valence-electron chi connectivity index (χ2n) is 7.11. The Hall–Kier alpha value is -3.54. The monoisotopic (exact) mass is 389 g/mol. The van der Waals surface area contributed by atoms with Gasteiger partial charge in [0.05, 0.1) is 0 Å². The molecule has 3 aromatic rings. The fourth-order valence-electron chi connectivity index (χ4n) is 3.22. The van der Waals surface area contributed by atoms with Gasteiger partial charge in [-0.25, -0.2) is 4.98 Å². The van der Waals surface area contributed by atoms with E-state index in [0.29, 0.717) is 36.3 Å². The maximum absolute atomic E-state index is 12.8. The van der Waals surface area contributed by atoms with E-state index in [1.807, 2.05) is 42.5 Å². The number of nitrogens with zero attached hydrogens (tertiary/aromatic N) is 1. The van der Waals surface area contributed by atoms with Gasteiger partial charge >= 0.3 is 0 Å². The van der Waals surface area contributed by atoms with Gasteiger partial charge in [0.1, 0.15) is 19.0 Å². The molecule has 0 saturated heterocycles. The smallest absolute Gasteiger partial charge is 0.255 e. The Morgan fingerprint density at radius 1 is 1.00 bits per heavy atom. The van der Waals surface area contributed by atoms with Crippen LogP contribution in [0.1, 0.15) is 35.7 Å². The lowest BCUT2D eigenvalue weighted by atomic mass is 10.0. The van der Waals surface area contributed by atoms with E-state index in [-0.39, 0.29) is 5.91 Å². The number of benzene rings is 2. The number of pyridine rings is 1. The summed E-state index contributed by atoms with van der Waals surface area (Å²) in [4.78, 5) is 17.1. The second-order valence-corrected chi connectivity index (χ2v) is 7.11. The molecule has 1 aliphatic heterocycles. The van der Waals surface area contributed by atoms with Crippen LogP contribution in [-0.4, -0.2) is 24.1 Å². The Labute approximate surface area is 169 Å². The lowest BCUT2D eigenvalue weighted by molar-refractivity contribution is 0.102. The minimum atomic E-state index is -0.175. The first-order valence-corrected chi connectivity index (χ1v) is 9.63. The van der Waals surface area contributed by atoms with Crippen LogP contribution in [0.5, 0.6) is 11.5 Å². The highest BCUT2D eigenvalue weighted by Crippen LogP contribution is 2.33. The van der Waals surface area contributed by atoms with E-state index >= 15 is 0 Å². The van der Waals surface area contributed by atoms with Crippen LogP contribution in [0.15, 0.2) is 60.8 Å². The van der Waals surface area contributed by atoms with E-state index in [9.17, 15) is 4.79 Å². The fraction of sp³-hybridized carbons (Fsp3) is 0.217. The Bertz CT molecular complexity index is 1030. The number of ether oxygens (including phenoxy) is 2. The summed E-state index contributed by atoms with van der Waals surface area (Å²) in [6.07, 6.45) is 1.61. The molecular weight excluding hydrogens is 366 g/mol. The lowest BCUT2D eigenvalue weighted by Crippen LogP contribution is -2.15. The molecule has 0 aliphatic carbocycles. The molecule has 1 amide bonds. The van der Waals surface area contributed by atoms with E-state index in [1.54, 1.807) is 18.3 Å². The number of nitrogens with one attached hydrogen (secondary N) is 2. The second kappa shape index (κ2) is 8.22. The Balaban J connectivity index is 1.51. The first-order chi connectivity index (χ1) is 14.1. The van der Waals surface area contributed by atoms with Crippen molar-refractivity contribution < 1.29 is 14.3 Å². The number of amides is 1. The van der Waals surface area contributed by atoms with Crippen LogP contribution in [0.4, 0.5) is 17.2 Å². The van der Waals surface area contributed by atoms with E-state index in [0.717, 1.165) is 22.7 Å². The van der Waals surface area contributed by atoms with Crippen molar-refractivity contribution in [3.63, 3.8) is 0 Å². The molecule has 148 valence electrons. The number of anilines is 3. The maximum atomic E-state index is 12.8. The van der Waals surface area contributed by atoms with Gasteiger partial charge in [-0.2, -0.15) is 0 Å². The zero-order valence-corrected chi connectivity index (χ0v) is 16.4. The molecule has 29 heavy (non-hydrogen) atoms. The molecule has 2 heterocycles. The molecule has 0 unspecified atom stereocenters. The predicted molar refractivity (Wildman–Crippen MR) is 113 cm³/mol. The predicted octanol–water partition coefficient (Wildman–Crippen LogP) is 4.97. The topological polar surface area (TPSA) is 72.5 Å². The third kappa shape index (κ3) is 4.32. The summed E-state index contributed by atoms with van der Waals surface area (Å²) in [5.74, 6) is 2.14. The van der Waals surface area contributed by atoms with Gasteiger partial charge in [0.25, 0.3) is 5.91 Å². The summed E-state index contributed by atoms with van der Waals surface area (Å²) in [5.41, 5.74) is 3.26. The molecule has 2 N–H and O–H groups in total. The zero-order chi connectivity index (χ0) is 20.2. The van der Waals surface area contributed by atoms with Crippen molar-refractivity contribution in [1.82, 2.24) is 4.98 Å². The van der Waals surface area contributed by atoms with Crippen molar-refractivity contribution in [3.8, 4) is 11.5 Å². The number of carbonyl (C=O) groups excluding carboxylic acids is 1.